The molecule has 1 atom stereocenters. The van der Waals surface area contributed by atoms with E-state index in [4.69, 9.17) is 5.73 Å². The normalized spacial score (nSPS) is 17.8. The second kappa shape index (κ2) is 8.14. The van der Waals surface area contributed by atoms with Gasteiger partial charge in [-0.25, -0.2) is 0 Å². The fourth-order valence-corrected chi connectivity index (χ4v) is 2.70. The molecule has 0 bridgehead atoms. The molecule has 0 saturated carbocycles. The molecule has 0 radical (unpaired) electrons. The lowest BCUT2D eigenvalue weighted by atomic mass is 9.96. The van der Waals surface area contributed by atoms with Gasteiger partial charge in [0, 0.05) is 39.4 Å². The van der Waals surface area contributed by atoms with Crippen LogP contribution in [0.15, 0.2) is 6.20 Å². The largest absolute Gasteiger partial charge is 0.355 e. The van der Waals surface area contributed by atoms with Crippen molar-refractivity contribution in [2.45, 2.75) is 19.8 Å². The lowest BCUT2D eigenvalue weighted by molar-refractivity contribution is -0.126. The predicted octanol–water partition coefficient (Wildman–Crippen LogP) is 0.0774. The predicted molar refractivity (Wildman–Crippen MR) is 85.9 cm³/mol. The van der Waals surface area contributed by atoms with Gasteiger partial charge in [0.25, 0.3) is 5.91 Å². The molecule has 1 fully saturated rings. The summed E-state index contributed by atoms with van der Waals surface area (Å²) >= 11 is 0. The summed E-state index contributed by atoms with van der Waals surface area (Å²) in [7, 11) is 1.79. The fourth-order valence-electron chi connectivity index (χ4n) is 2.70. The third kappa shape index (κ3) is 4.20. The van der Waals surface area contributed by atoms with Crippen molar-refractivity contribution in [1.82, 2.24) is 20.0 Å². The van der Waals surface area contributed by atoms with Crippen LogP contribution in [0.4, 0.5) is 0 Å². The Bertz CT molecular complexity index is 531. The van der Waals surface area contributed by atoms with Gasteiger partial charge in [-0.05, 0) is 19.8 Å². The molecule has 1 aliphatic rings. The van der Waals surface area contributed by atoms with E-state index in [2.05, 4.69) is 10.4 Å². The summed E-state index contributed by atoms with van der Waals surface area (Å²) in [6.45, 7) is 3.88. The molecular formula is C14H24ClN5O2. The number of piperidine rings is 1. The number of hydrogen-bond acceptors (Lipinski definition) is 4. The third-order valence-electron chi connectivity index (χ3n) is 3.77. The second-order valence-corrected chi connectivity index (χ2v) is 5.47. The van der Waals surface area contributed by atoms with Crippen LogP contribution in [0.5, 0.6) is 0 Å². The summed E-state index contributed by atoms with van der Waals surface area (Å²) in [6, 6.07) is 0. The molecule has 1 aromatic heterocycles. The Morgan fingerprint density at radius 3 is 2.82 bits per heavy atom. The van der Waals surface area contributed by atoms with E-state index in [0.717, 1.165) is 18.5 Å². The summed E-state index contributed by atoms with van der Waals surface area (Å²) in [5.74, 6) is -0.205. The van der Waals surface area contributed by atoms with Gasteiger partial charge in [-0.1, -0.05) is 0 Å². The van der Waals surface area contributed by atoms with E-state index in [1.165, 1.54) is 0 Å². The van der Waals surface area contributed by atoms with Crippen molar-refractivity contribution in [1.29, 1.82) is 0 Å². The van der Waals surface area contributed by atoms with E-state index >= 15 is 0 Å². The number of rotatable bonds is 4. The van der Waals surface area contributed by atoms with Gasteiger partial charge >= 0.3 is 0 Å². The first kappa shape index (κ1) is 18.4. The van der Waals surface area contributed by atoms with Crippen LogP contribution in [0.25, 0.3) is 0 Å². The van der Waals surface area contributed by atoms with Gasteiger partial charge in [-0.2, -0.15) is 5.10 Å². The molecule has 3 N–H and O–H groups in total. The molecule has 0 aliphatic carbocycles. The van der Waals surface area contributed by atoms with Gasteiger partial charge in [0.15, 0.2) is 0 Å². The standard InChI is InChI=1S/C14H23N5O2.ClH/c1-10-12(9-18(2)17-10)14(21)19-7-3-4-11(8-19)13(20)16-6-5-15;/h9,11H,3-8,15H2,1-2H3,(H,16,20);1H. The molecule has 7 nitrogen and oxygen atoms in total. The number of amides is 2. The maximum atomic E-state index is 12.5. The molecule has 2 amide bonds. The van der Waals surface area contributed by atoms with E-state index in [1.807, 2.05) is 6.92 Å². The first-order chi connectivity index (χ1) is 10.0. The summed E-state index contributed by atoms with van der Waals surface area (Å²) in [5.41, 5.74) is 6.72. The lowest BCUT2D eigenvalue weighted by Crippen LogP contribution is -2.46. The SMILES string of the molecule is Cc1nn(C)cc1C(=O)N1CCCC(C(=O)NCCN)C1.Cl. The van der Waals surface area contributed by atoms with Crippen molar-refractivity contribution in [3.8, 4) is 0 Å². The average Bonchev–Trinajstić information content (AvgIpc) is 2.82. The molecule has 8 heteroatoms. The van der Waals surface area contributed by atoms with Crippen molar-refractivity contribution in [2.24, 2.45) is 18.7 Å². The van der Waals surface area contributed by atoms with Crippen molar-refractivity contribution in [2.75, 3.05) is 26.2 Å². The van der Waals surface area contributed by atoms with Gasteiger partial charge in [0.05, 0.1) is 17.2 Å². The first-order valence-corrected chi connectivity index (χ1v) is 7.30. The summed E-state index contributed by atoms with van der Waals surface area (Å²) < 4.78 is 1.64. The molecular weight excluding hydrogens is 306 g/mol. The number of halogens is 1. The number of aryl methyl sites for hydroxylation is 2. The number of nitrogens with one attached hydrogen (secondary N) is 1. The van der Waals surface area contributed by atoms with Crippen LogP contribution >= 0.6 is 12.4 Å². The quantitative estimate of drug-likeness (QED) is 0.818. The molecule has 0 spiro atoms. The highest BCUT2D eigenvalue weighted by atomic mass is 35.5. The fraction of sp³-hybridized carbons (Fsp3) is 0.643. The van der Waals surface area contributed by atoms with Gasteiger partial charge in [0.1, 0.15) is 0 Å². The number of nitrogens with two attached hydrogens (primary N) is 1. The Balaban J connectivity index is 0.00000242. The lowest BCUT2D eigenvalue weighted by Gasteiger charge is -2.32. The Kier molecular flexibility index (Phi) is 6.83. The Morgan fingerprint density at radius 2 is 2.23 bits per heavy atom. The Labute approximate surface area is 136 Å². The minimum Gasteiger partial charge on any atom is -0.355 e. The molecule has 1 aliphatic heterocycles. The van der Waals surface area contributed by atoms with Gasteiger partial charge in [0.2, 0.25) is 5.91 Å². The van der Waals surface area contributed by atoms with Gasteiger partial charge in [-0.3, -0.25) is 14.3 Å². The van der Waals surface area contributed by atoms with Crippen molar-refractivity contribution < 1.29 is 9.59 Å². The van der Waals surface area contributed by atoms with E-state index in [9.17, 15) is 9.59 Å². The van der Waals surface area contributed by atoms with E-state index < -0.39 is 0 Å². The number of carbonyl (C=O) groups excluding carboxylic acids is 2. The minimum absolute atomic E-state index is 0. The number of nitrogens with zero attached hydrogens (tertiary/aromatic N) is 3. The zero-order valence-electron chi connectivity index (χ0n) is 13.0. The van der Waals surface area contributed by atoms with Crippen LogP contribution in [0.3, 0.4) is 0 Å². The van der Waals surface area contributed by atoms with Crippen LogP contribution < -0.4 is 11.1 Å². The number of hydrogen-bond donors (Lipinski definition) is 2. The zero-order chi connectivity index (χ0) is 15.4. The van der Waals surface area contributed by atoms with Crippen LogP contribution in [0, 0.1) is 12.8 Å². The number of carbonyl (C=O) groups is 2. The molecule has 1 aromatic rings. The third-order valence-corrected chi connectivity index (χ3v) is 3.77. The van der Waals surface area contributed by atoms with Crippen LogP contribution in [-0.2, 0) is 11.8 Å². The average molecular weight is 330 g/mol. The topological polar surface area (TPSA) is 93.2 Å². The monoisotopic (exact) mass is 329 g/mol. The van der Waals surface area contributed by atoms with Crippen LogP contribution in [-0.4, -0.2) is 52.7 Å². The maximum Gasteiger partial charge on any atom is 0.257 e. The van der Waals surface area contributed by atoms with Crippen molar-refractivity contribution in [3.05, 3.63) is 17.5 Å². The second-order valence-electron chi connectivity index (χ2n) is 5.47. The van der Waals surface area contributed by atoms with E-state index in [-0.39, 0.29) is 30.1 Å². The molecule has 2 rings (SSSR count). The molecule has 1 saturated heterocycles. The number of likely N-dealkylation sites (tertiary alicyclic amines) is 1. The van der Waals surface area contributed by atoms with E-state index in [0.29, 0.717) is 31.7 Å². The molecule has 0 aromatic carbocycles. The number of aromatic nitrogens is 2. The molecule has 124 valence electrons. The zero-order valence-corrected chi connectivity index (χ0v) is 13.9. The Hall–Kier alpha value is -1.60. The van der Waals surface area contributed by atoms with E-state index in [1.54, 1.807) is 22.8 Å². The minimum atomic E-state index is -0.147. The highest BCUT2D eigenvalue weighted by Gasteiger charge is 2.29. The van der Waals surface area contributed by atoms with Crippen LogP contribution in [0.1, 0.15) is 28.9 Å². The van der Waals surface area contributed by atoms with Crippen LogP contribution in [0.2, 0.25) is 0 Å². The van der Waals surface area contributed by atoms with Crippen molar-refractivity contribution >= 4 is 24.2 Å². The smallest absolute Gasteiger partial charge is 0.257 e. The first-order valence-electron chi connectivity index (χ1n) is 7.30. The molecule has 2 heterocycles. The summed E-state index contributed by atoms with van der Waals surface area (Å²) in [6.07, 6.45) is 3.38. The maximum absolute atomic E-state index is 12.5. The molecule has 22 heavy (non-hydrogen) atoms. The molecule has 1 unspecified atom stereocenters. The van der Waals surface area contributed by atoms with Gasteiger partial charge < -0.3 is 16.0 Å². The highest BCUT2D eigenvalue weighted by molar-refractivity contribution is 5.95. The van der Waals surface area contributed by atoms with Gasteiger partial charge in [-0.15, -0.1) is 12.4 Å². The highest BCUT2D eigenvalue weighted by Crippen LogP contribution is 2.19. The summed E-state index contributed by atoms with van der Waals surface area (Å²) in [4.78, 5) is 26.3. The Morgan fingerprint density at radius 1 is 1.50 bits per heavy atom. The van der Waals surface area contributed by atoms with Crippen molar-refractivity contribution in [3.63, 3.8) is 0 Å². The summed E-state index contributed by atoms with van der Waals surface area (Å²) in [5, 5.41) is 7.00.